The number of benzene rings is 1. The molecule has 1 saturated heterocycles. The molecular weight excluding hydrogens is 336 g/mol. The summed E-state index contributed by atoms with van der Waals surface area (Å²) in [7, 11) is 0. The minimum absolute atomic E-state index is 0.0274. The second kappa shape index (κ2) is 7.18. The molecule has 1 N–H and O–H groups in total. The van der Waals surface area contributed by atoms with Gasteiger partial charge in [-0.1, -0.05) is 17.4 Å². The van der Waals surface area contributed by atoms with Gasteiger partial charge in [0.25, 0.3) is 0 Å². The van der Waals surface area contributed by atoms with Crippen molar-refractivity contribution in [3.63, 3.8) is 0 Å². The fourth-order valence-corrected chi connectivity index (χ4v) is 2.57. The van der Waals surface area contributed by atoms with E-state index in [0.29, 0.717) is 43.5 Å². The van der Waals surface area contributed by atoms with Crippen LogP contribution in [0.4, 0.5) is 14.5 Å². The van der Waals surface area contributed by atoms with E-state index in [1.165, 1.54) is 16.8 Å². The lowest BCUT2D eigenvalue weighted by molar-refractivity contribution is 0.122. The first-order chi connectivity index (χ1) is 11.5. The zero-order valence-electron chi connectivity index (χ0n) is 13.1. The number of ether oxygens (including phenoxy) is 1. The van der Waals surface area contributed by atoms with Gasteiger partial charge in [-0.25, -0.2) is 13.5 Å². The molecule has 2 aromatic rings. The van der Waals surface area contributed by atoms with E-state index in [4.69, 9.17) is 17.0 Å². The van der Waals surface area contributed by atoms with Crippen LogP contribution in [0, 0.1) is 11.6 Å². The van der Waals surface area contributed by atoms with Crippen LogP contribution in [0.3, 0.4) is 0 Å². The highest BCUT2D eigenvalue weighted by Gasteiger charge is 2.21. The van der Waals surface area contributed by atoms with Crippen molar-refractivity contribution in [3.8, 4) is 5.69 Å². The molecule has 9 heteroatoms. The summed E-state index contributed by atoms with van der Waals surface area (Å²) in [6.45, 7) is 4.01. The first kappa shape index (κ1) is 16.7. The van der Waals surface area contributed by atoms with Crippen LogP contribution < -0.4 is 10.2 Å². The number of morpholine rings is 1. The van der Waals surface area contributed by atoms with Gasteiger partial charge >= 0.3 is 0 Å². The van der Waals surface area contributed by atoms with Gasteiger partial charge in [-0.05, 0) is 6.92 Å². The summed E-state index contributed by atoms with van der Waals surface area (Å²) in [5.74, 6) is -1.26. The molecule has 1 aliphatic rings. The predicted octanol–water partition coefficient (Wildman–Crippen LogP) is 1.82. The van der Waals surface area contributed by atoms with Crippen LogP contribution in [0.1, 0.15) is 12.6 Å². The average Bonchev–Trinajstić information content (AvgIpc) is 3.02. The molecule has 1 aromatic carbocycles. The van der Waals surface area contributed by atoms with Crippen molar-refractivity contribution in [2.24, 2.45) is 0 Å². The summed E-state index contributed by atoms with van der Waals surface area (Å²) in [6, 6.07) is 2.51. The summed E-state index contributed by atoms with van der Waals surface area (Å²) in [6.07, 6.45) is 1.61. The highest BCUT2D eigenvalue weighted by molar-refractivity contribution is 7.80. The zero-order valence-corrected chi connectivity index (χ0v) is 13.9. The zero-order chi connectivity index (χ0) is 17.1. The molecule has 0 atom stereocenters. The number of anilines is 1. The number of halogens is 2. The standard InChI is InChI=1S/C15H17F2N5OS/c1-10(24)18-8-11-9-22(20-19-11)12-6-13(16)15(14(17)7-12)21-2-4-23-5-3-21/h6-7,9H,2-5,8H2,1H3,(H,18,24). The van der Waals surface area contributed by atoms with Gasteiger partial charge in [0.05, 0.1) is 36.6 Å². The third-order valence-corrected chi connectivity index (χ3v) is 3.80. The Bertz CT molecular complexity index is 722. The maximum atomic E-state index is 14.4. The van der Waals surface area contributed by atoms with E-state index < -0.39 is 11.6 Å². The van der Waals surface area contributed by atoms with Gasteiger partial charge in [-0.3, -0.25) is 0 Å². The summed E-state index contributed by atoms with van der Waals surface area (Å²) < 4.78 is 35.4. The van der Waals surface area contributed by atoms with Gasteiger partial charge in [0.1, 0.15) is 11.4 Å². The van der Waals surface area contributed by atoms with Crippen LogP contribution >= 0.6 is 12.2 Å². The van der Waals surface area contributed by atoms with Gasteiger partial charge < -0.3 is 15.0 Å². The Morgan fingerprint density at radius 2 is 1.96 bits per heavy atom. The molecular formula is C15H17F2N5OS. The van der Waals surface area contributed by atoms with Crippen LogP contribution in [0.5, 0.6) is 0 Å². The third-order valence-electron chi connectivity index (χ3n) is 3.65. The van der Waals surface area contributed by atoms with Crippen molar-refractivity contribution in [2.75, 3.05) is 31.2 Å². The van der Waals surface area contributed by atoms with Crippen LogP contribution in [0.15, 0.2) is 18.3 Å². The summed E-state index contributed by atoms with van der Waals surface area (Å²) in [5, 5.41) is 10.8. The fraction of sp³-hybridized carbons (Fsp3) is 0.400. The molecule has 6 nitrogen and oxygen atoms in total. The van der Waals surface area contributed by atoms with Crippen molar-refractivity contribution >= 4 is 22.9 Å². The number of hydrogen-bond acceptors (Lipinski definition) is 5. The van der Waals surface area contributed by atoms with Crippen LogP contribution in [0.25, 0.3) is 5.69 Å². The van der Waals surface area contributed by atoms with Crippen molar-refractivity contribution < 1.29 is 13.5 Å². The van der Waals surface area contributed by atoms with E-state index in [2.05, 4.69) is 15.6 Å². The molecule has 1 fully saturated rings. The van der Waals surface area contributed by atoms with Gasteiger partial charge in [0.15, 0.2) is 11.6 Å². The van der Waals surface area contributed by atoms with E-state index in [9.17, 15) is 8.78 Å². The number of aromatic nitrogens is 3. The molecule has 1 aliphatic heterocycles. The van der Waals surface area contributed by atoms with Crippen LogP contribution in [-0.2, 0) is 11.3 Å². The molecule has 0 aliphatic carbocycles. The predicted molar refractivity (Wildman–Crippen MR) is 89.4 cm³/mol. The number of hydrogen-bond donors (Lipinski definition) is 1. The van der Waals surface area contributed by atoms with Crippen molar-refractivity contribution in [2.45, 2.75) is 13.5 Å². The Kier molecular flexibility index (Phi) is 5.00. The van der Waals surface area contributed by atoms with Gasteiger partial charge in [-0.15, -0.1) is 5.10 Å². The van der Waals surface area contributed by atoms with E-state index in [-0.39, 0.29) is 11.4 Å². The molecule has 24 heavy (non-hydrogen) atoms. The van der Waals surface area contributed by atoms with E-state index in [0.717, 1.165) is 0 Å². The number of nitrogens with one attached hydrogen (secondary N) is 1. The topological polar surface area (TPSA) is 55.2 Å². The molecule has 128 valence electrons. The normalized spacial score (nSPS) is 14.7. The maximum Gasteiger partial charge on any atom is 0.151 e. The second-order valence-corrected chi connectivity index (χ2v) is 6.03. The largest absolute Gasteiger partial charge is 0.378 e. The third kappa shape index (κ3) is 3.68. The molecule has 0 radical (unpaired) electrons. The smallest absolute Gasteiger partial charge is 0.151 e. The van der Waals surface area contributed by atoms with E-state index >= 15 is 0 Å². The monoisotopic (exact) mass is 353 g/mol. The highest BCUT2D eigenvalue weighted by Crippen LogP contribution is 2.27. The Balaban J connectivity index is 1.83. The maximum absolute atomic E-state index is 14.4. The average molecular weight is 353 g/mol. The molecule has 2 heterocycles. The molecule has 3 rings (SSSR count). The first-order valence-electron chi connectivity index (χ1n) is 7.52. The van der Waals surface area contributed by atoms with Gasteiger partial charge in [-0.2, -0.15) is 0 Å². The summed E-state index contributed by atoms with van der Waals surface area (Å²) in [4.78, 5) is 2.29. The van der Waals surface area contributed by atoms with Crippen molar-refractivity contribution in [3.05, 3.63) is 35.7 Å². The number of rotatable bonds is 4. The van der Waals surface area contributed by atoms with Gasteiger partial charge in [0.2, 0.25) is 0 Å². The molecule has 0 unspecified atom stereocenters. The lowest BCUT2D eigenvalue weighted by Gasteiger charge is -2.29. The second-order valence-electron chi connectivity index (χ2n) is 5.42. The number of nitrogens with zero attached hydrogens (tertiary/aromatic N) is 4. The summed E-state index contributed by atoms with van der Waals surface area (Å²) >= 11 is 4.93. The molecule has 0 saturated carbocycles. The Hall–Kier alpha value is -2.13. The lowest BCUT2D eigenvalue weighted by Crippen LogP contribution is -2.37. The lowest BCUT2D eigenvalue weighted by atomic mass is 10.2. The molecule has 1 aromatic heterocycles. The number of thiocarbonyl (C=S) groups is 1. The molecule has 0 amide bonds. The van der Waals surface area contributed by atoms with Crippen molar-refractivity contribution in [1.29, 1.82) is 0 Å². The Morgan fingerprint density at radius 1 is 1.29 bits per heavy atom. The summed E-state index contributed by atoms with van der Waals surface area (Å²) in [5.41, 5.74) is 0.873. The van der Waals surface area contributed by atoms with E-state index in [1.807, 2.05) is 0 Å². The minimum atomic E-state index is -0.628. The highest BCUT2D eigenvalue weighted by atomic mass is 32.1. The molecule has 0 spiro atoms. The fourth-order valence-electron chi connectivity index (χ4n) is 2.49. The van der Waals surface area contributed by atoms with E-state index in [1.54, 1.807) is 18.0 Å². The van der Waals surface area contributed by atoms with Crippen LogP contribution in [-0.4, -0.2) is 46.3 Å². The van der Waals surface area contributed by atoms with Gasteiger partial charge in [0, 0.05) is 25.2 Å². The quantitative estimate of drug-likeness (QED) is 0.847. The Labute approximate surface area is 143 Å². The SMILES string of the molecule is CC(=S)NCc1cn(-c2cc(F)c(N3CCOCC3)c(F)c2)nn1. The Morgan fingerprint density at radius 3 is 2.58 bits per heavy atom. The first-order valence-corrected chi connectivity index (χ1v) is 7.93. The minimum Gasteiger partial charge on any atom is -0.378 e. The van der Waals surface area contributed by atoms with Crippen LogP contribution in [0.2, 0.25) is 0 Å². The van der Waals surface area contributed by atoms with Crippen molar-refractivity contribution in [1.82, 2.24) is 20.3 Å². The molecule has 0 bridgehead atoms.